The highest BCUT2D eigenvalue weighted by Gasteiger charge is 2.23. The quantitative estimate of drug-likeness (QED) is 0.600. The molecule has 30 heavy (non-hydrogen) atoms. The predicted octanol–water partition coefficient (Wildman–Crippen LogP) is 2.49. The average molecular weight is 427 g/mol. The minimum absolute atomic E-state index is 0.186. The van der Waals surface area contributed by atoms with Crippen LogP contribution in [0, 0.1) is 13.8 Å². The number of amides is 1. The smallest absolute Gasteiger partial charge is 0.243 e. The van der Waals surface area contributed by atoms with E-state index >= 15 is 0 Å². The van der Waals surface area contributed by atoms with Gasteiger partial charge in [0.2, 0.25) is 15.9 Å². The number of sulfonamides is 1. The van der Waals surface area contributed by atoms with E-state index in [1.807, 2.05) is 55.1 Å². The van der Waals surface area contributed by atoms with Gasteiger partial charge in [-0.1, -0.05) is 30.3 Å². The summed E-state index contributed by atoms with van der Waals surface area (Å²) in [6, 6.07) is 14.6. The zero-order valence-electron chi connectivity index (χ0n) is 17.4. The van der Waals surface area contributed by atoms with Gasteiger partial charge in [-0.15, -0.1) is 0 Å². The Morgan fingerprint density at radius 1 is 1.07 bits per heavy atom. The molecule has 7 nitrogen and oxygen atoms in total. The molecule has 0 spiro atoms. The number of aromatic nitrogens is 2. The van der Waals surface area contributed by atoms with Gasteiger partial charge in [0.05, 0.1) is 18.0 Å². The maximum absolute atomic E-state index is 12.8. The standard InChI is InChI=1S/C22H26N4O3S/c1-17-9-10-21(13-18(17)2)30(28,29)25(3)16-22(27)23-14-19-7-4-5-8-20(19)15-26-12-6-11-24-26/h4-13H,14-16H2,1-3H3,(H,23,27). The van der Waals surface area contributed by atoms with E-state index in [0.29, 0.717) is 13.1 Å². The molecule has 2 aromatic carbocycles. The number of carbonyl (C=O) groups excluding carboxylic acids is 1. The van der Waals surface area contributed by atoms with Crippen LogP contribution < -0.4 is 5.32 Å². The van der Waals surface area contributed by atoms with Crippen LogP contribution in [0.25, 0.3) is 0 Å². The molecule has 0 bridgehead atoms. The minimum atomic E-state index is -3.74. The number of rotatable bonds is 8. The van der Waals surface area contributed by atoms with Crippen LogP contribution in [0.2, 0.25) is 0 Å². The van der Waals surface area contributed by atoms with Gasteiger partial charge in [0.15, 0.2) is 0 Å². The van der Waals surface area contributed by atoms with Crippen molar-refractivity contribution in [3.63, 3.8) is 0 Å². The van der Waals surface area contributed by atoms with Gasteiger partial charge in [-0.05, 0) is 54.3 Å². The number of nitrogens with one attached hydrogen (secondary N) is 1. The molecule has 0 unspecified atom stereocenters. The van der Waals surface area contributed by atoms with Crippen LogP contribution in [0.15, 0.2) is 65.8 Å². The molecule has 3 rings (SSSR count). The van der Waals surface area contributed by atoms with Gasteiger partial charge in [0, 0.05) is 26.0 Å². The van der Waals surface area contributed by atoms with Gasteiger partial charge < -0.3 is 5.32 Å². The van der Waals surface area contributed by atoms with Crippen molar-refractivity contribution in [1.82, 2.24) is 19.4 Å². The zero-order valence-corrected chi connectivity index (χ0v) is 18.2. The van der Waals surface area contributed by atoms with E-state index in [2.05, 4.69) is 10.4 Å². The number of likely N-dealkylation sites (N-methyl/N-ethyl adjacent to an activating group) is 1. The molecule has 1 N–H and O–H groups in total. The number of aryl methyl sites for hydroxylation is 2. The lowest BCUT2D eigenvalue weighted by atomic mass is 10.1. The normalized spacial score (nSPS) is 11.6. The van der Waals surface area contributed by atoms with Crippen molar-refractivity contribution in [2.75, 3.05) is 13.6 Å². The number of nitrogens with zero attached hydrogens (tertiary/aromatic N) is 3. The van der Waals surface area contributed by atoms with Crippen molar-refractivity contribution < 1.29 is 13.2 Å². The fourth-order valence-corrected chi connectivity index (χ4v) is 4.26. The van der Waals surface area contributed by atoms with E-state index in [9.17, 15) is 13.2 Å². The highest BCUT2D eigenvalue weighted by Crippen LogP contribution is 2.18. The van der Waals surface area contributed by atoms with Crippen molar-refractivity contribution >= 4 is 15.9 Å². The molecule has 0 fully saturated rings. The highest BCUT2D eigenvalue weighted by atomic mass is 32.2. The van der Waals surface area contributed by atoms with Crippen molar-refractivity contribution in [3.05, 3.63) is 83.2 Å². The fraction of sp³-hybridized carbons (Fsp3) is 0.273. The van der Waals surface area contributed by atoms with Crippen molar-refractivity contribution in [3.8, 4) is 0 Å². The number of hydrogen-bond acceptors (Lipinski definition) is 4. The van der Waals surface area contributed by atoms with Crippen LogP contribution in [0.4, 0.5) is 0 Å². The molecule has 1 heterocycles. The topological polar surface area (TPSA) is 84.3 Å². The summed E-state index contributed by atoms with van der Waals surface area (Å²) in [4.78, 5) is 12.6. The predicted molar refractivity (Wildman–Crippen MR) is 115 cm³/mol. The molecule has 0 saturated heterocycles. The molecule has 1 aromatic heterocycles. The molecule has 1 amide bonds. The van der Waals surface area contributed by atoms with Crippen LogP contribution in [0.1, 0.15) is 22.3 Å². The lowest BCUT2D eigenvalue weighted by molar-refractivity contribution is -0.121. The molecule has 0 atom stereocenters. The Hall–Kier alpha value is -2.97. The summed E-state index contributed by atoms with van der Waals surface area (Å²) in [5.74, 6) is -0.362. The zero-order chi connectivity index (χ0) is 21.7. The summed E-state index contributed by atoms with van der Waals surface area (Å²) in [6.45, 7) is 4.44. The molecule has 8 heteroatoms. The number of hydrogen-bond donors (Lipinski definition) is 1. The summed E-state index contributed by atoms with van der Waals surface area (Å²) in [5.41, 5.74) is 3.91. The van der Waals surface area contributed by atoms with E-state index in [0.717, 1.165) is 26.6 Å². The molecule has 3 aromatic rings. The number of benzene rings is 2. The summed E-state index contributed by atoms with van der Waals surface area (Å²) in [7, 11) is -2.33. The summed E-state index contributed by atoms with van der Waals surface area (Å²) in [5, 5.41) is 7.03. The van der Waals surface area contributed by atoms with Crippen LogP contribution in [-0.2, 0) is 27.9 Å². The maximum Gasteiger partial charge on any atom is 0.243 e. The van der Waals surface area contributed by atoms with Crippen molar-refractivity contribution in [2.45, 2.75) is 31.8 Å². The molecule has 0 aliphatic carbocycles. The van der Waals surface area contributed by atoms with E-state index in [1.54, 1.807) is 24.4 Å². The third kappa shape index (κ3) is 5.14. The number of carbonyl (C=O) groups is 1. The van der Waals surface area contributed by atoms with Crippen molar-refractivity contribution in [1.29, 1.82) is 0 Å². The van der Waals surface area contributed by atoms with Gasteiger partial charge in [-0.2, -0.15) is 9.40 Å². The van der Waals surface area contributed by atoms with E-state index in [-0.39, 0.29) is 17.3 Å². The first-order chi connectivity index (χ1) is 14.3. The molecule has 0 radical (unpaired) electrons. The van der Waals surface area contributed by atoms with E-state index < -0.39 is 10.0 Å². The van der Waals surface area contributed by atoms with Gasteiger partial charge >= 0.3 is 0 Å². The summed E-state index contributed by atoms with van der Waals surface area (Å²) < 4.78 is 28.4. The first-order valence-electron chi connectivity index (χ1n) is 9.62. The lowest BCUT2D eigenvalue weighted by Crippen LogP contribution is -2.38. The summed E-state index contributed by atoms with van der Waals surface area (Å²) >= 11 is 0. The molecular formula is C22H26N4O3S. The first kappa shape index (κ1) is 21.7. The Kier molecular flexibility index (Phi) is 6.69. The first-order valence-corrected chi connectivity index (χ1v) is 11.1. The molecular weight excluding hydrogens is 400 g/mol. The van der Waals surface area contributed by atoms with Gasteiger partial charge in [0.1, 0.15) is 0 Å². The molecule has 0 aliphatic rings. The van der Waals surface area contributed by atoms with Crippen molar-refractivity contribution in [2.24, 2.45) is 0 Å². The van der Waals surface area contributed by atoms with Gasteiger partial charge in [0.25, 0.3) is 0 Å². The second kappa shape index (κ2) is 9.23. The molecule has 0 saturated carbocycles. The molecule has 0 aliphatic heterocycles. The maximum atomic E-state index is 12.8. The third-order valence-electron chi connectivity index (χ3n) is 5.04. The van der Waals surface area contributed by atoms with Crippen LogP contribution >= 0.6 is 0 Å². The Labute approximate surface area is 177 Å². The third-order valence-corrected chi connectivity index (χ3v) is 6.84. The monoisotopic (exact) mass is 426 g/mol. The average Bonchev–Trinajstić information content (AvgIpc) is 3.22. The molecule has 158 valence electrons. The Morgan fingerprint density at radius 3 is 2.47 bits per heavy atom. The fourth-order valence-electron chi connectivity index (χ4n) is 3.04. The Morgan fingerprint density at radius 2 is 1.80 bits per heavy atom. The SMILES string of the molecule is Cc1ccc(S(=O)(=O)N(C)CC(=O)NCc2ccccc2Cn2cccn2)cc1C. The second-order valence-corrected chi connectivity index (χ2v) is 9.30. The van der Waals surface area contributed by atoms with E-state index in [1.165, 1.54) is 7.05 Å². The summed E-state index contributed by atoms with van der Waals surface area (Å²) in [6.07, 6.45) is 3.60. The highest BCUT2D eigenvalue weighted by molar-refractivity contribution is 7.89. The van der Waals surface area contributed by atoms with Crippen LogP contribution in [-0.4, -0.2) is 42.0 Å². The minimum Gasteiger partial charge on any atom is -0.351 e. The Bertz CT molecular complexity index is 1130. The largest absolute Gasteiger partial charge is 0.351 e. The lowest BCUT2D eigenvalue weighted by Gasteiger charge is -2.18. The van der Waals surface area contributed by atoms with Crippen LogP contribution in [0.5, 0.6) is 0 Å². The van der Waals surface area contributed by atoms with Gasteiger partial charge in [-0.25, -0.2) is 8.42 Å². The van der Waals surface area contributed by atoms with Gasteiger partial charge in [-0.3, -0.25) is 9.48 Å². The second-order valence-electron chi connectivity index (χ2n) is 7.26. The van der Waals surface area contributed by atoms with Crippen LogP contribution in [0.3, 0.4) is 0 Å². The van der Waals surface area contributed by atoms with E-state index in [4.69, 9.17) is 0 Å². The Balaban J connectivity index is 1.62.